The lowest BCUT2D eigenvalue weighted by Crippen LogP contribution is -2.46. The normalized spacial score (nSPS) is 18.7. The summed E-state index contributed by atoms with van der Waals surface area (Å²) in [5.74, 6) is -0.617. The first-order valence-electron chi connectivity index (χ1n) is 6.11. The van der Waals surface area contributed by atoms with Crippen LogP contribution in [0.4, 0.5) is 10.5 Å². The highest BCUT2D eigenvalue weighted by atomic mass is 16.2. The van der Waals surface area contributed by atoms with E-state index in [9.17, 15) is 14.4 Å². The van der Waals surface area contributed by atoms with Crippen molar-refractivity contribution in [3.63, 3.8) is 0 Å². The molecular weight excluding hydrogens is 246 g/mol. The monoisotopic (exact) mass is 259 g/mol. The molecule has 0 radical (unpaired) electrons. The lowest BCUT2D eigenvalue weighted by Gasteiger charge is -2.27. The summed E-state index contributed by atoms with van der Waals surface area (Å²) in [6, 6.07) is 4.75. The summed E-state index contributed by atoms with van der Waals surface area (Å²) < 4.78 is 0. The molecule has 2 aliphatic rings. The fraction of sp³-hybridized carbons (Fsp3) is 0.308. The Morgan fingerprint density at radius 1 is 1.11 bits per heavy atom. The van der Waals surface area contributed by atoms with Crippen LogP contribution in [0.15, 0.2) is 18.2 Å². The van der Waals surface area contributed by atoms with Crippen LogP contribution in [0.3, 0.4) is 0 Å². The minimum atomic E-state index is -0.320. The summed E-state index contributed by atoms with van der Waals surface area (Å²) in [6.45, 7) is 1.28. The Kier molecular flexibility index (Phi) is 2.51. The highest BCUT2D eigenvalue weighted by Crippen LogP contribution is 2.27. The van der Waals surface area contributed by atoms with Gasteiger partial charge in [-0.3, -0.25) is 19.4 Å². The predicted octanol–water partition coefficient (Wildman–Crippen LogP) is 0.832. The van der Waals surface area contributed by atoms with Crippen molar-refractivity contribution < 1.29 is 14.4 Å². The van der Waals surface area contributed by atoms with Crippen LogP contribution in [-0.2, 0) is 0 Å². The maximum Gasteiger partial charge on any atom is 0.321 e. The smallest absolute Gasteiger partial charge is 0.321 e. The Morgan fingerprint density at radius 2 is 1.84 bits per heavy atom. The van der Waals surface area contributed by atoms with Gasteiger partial charge in [-0.1, -0.05) is 0 Å². The molecule has 0 spiro atoms. The van der Waals surface area contributed by atoms with Gasteiger partial charge in [0.25, 0.3) is 11.8 Å². The summed E-state index contributed by atoms with van der Waals surface area (Å²) in [5, 5.41) is 2.75. The number of hydrogen-bond donors (Lipinski definition) is 1. The average molecular weight is 259 g/mol. The van der Waals surface area contributed by atoms with Crippen LogP contribution in [0, 0.1) is 0 Å². The summed E-state index contributed by atoms with van der Waals surface area (Å²) in [7, 11) is 1.46. The number of urea groups is 1. The van der Waals surface area contributed by atoms with Crippen LogP contribution in [0.2, 0.25) is 0 Å². The van der Waals surface area contributed by atoms with E-state index in [4.69, 9.17) is 0 Å². The predicted molar refractivity (Wildman–Crippen MR) is 68.2 cm³/mol. The van der Waals surface area contributed by atoms with Gasteiger partial charge in [0, 0.05) is 25.8 Å². The third-order valence-corrected chi connectivity index (χ3v) is 3.46. The summed E-state index contributed by atoms with van der Waals surface area (Å²) in [5.41, 5.74) is 1.41. The second-order valence-electron chi connectivity index (χ2n) is 4.64. The zero-order chi connectivity index (χ0) is 13.6. The van der Waals surface area contributed by atoms with Crippen LogP contribution in [0.25, 0.3) is 0 Å². The SMILES string of the molecule is CN1C(=O)c2ccc(N3CCCNC3=O)cc2C1=O. The number of rotatable bonds is 1. The molecule has 2 aliphatic heterocycles. The van der Waals surface area contributed by atoms with Crippen molar-refractivity contribution in [1.82, 2.24) is 10.2 Å². The maximum atomic E-state index is 11.9. The summed E-state index contributed by atoms with van der Waals surface area (Å²) in [6.07, 6.45) is 0.857. The van der Waals surface area contributed by atoms with Gasteiger partial charge in [-0.25, -0.2) is 4.79 Å². The van der Waals surface area contributed by atoms with Crippen LogP contribution in [0.5, 0.6) is 0 Å². The van der Waals surface area contributed by atoms with Crippen molar-refractivity contribution in [2.24, 2.45) is 0 Å². The number of fused-ring (bicyclic) bond motifs is 1. The number of hydrogen-bond acceptors (Lipinski definition) is 3. The van der Waals surface area contributed by atoms with Crippen molar-refractivity contribution >= 4 is 23.5 Å². The van der Waals surface area contributed by atoms with Crippen LogP contribution in [0.1, 0.15) is 27.1 Å². The minimum Gasteiger partial charge on any atom is -0.338 e. The number of anilines is 1. The van der Waals surface area contributed by atoms with E-state index in [1.807, 2.05) is 0 Å². The molecule has 98 valence electrons. The summed E-state index contributed by atoms with van der Waals surface area (Å²) in [4.78, 5) is 38.1. The van der Waals surface area contributed by atoms with Gasteiger partial charge < -0.3 is 5.32 Å². The Bertz CT molecular complexity index is 597. The second-order valence-corrected chi connectivity index (χ2v) is 4.64. The maximum absolute atomic E-state index is 11.9. The van der Waals surface area contributed by atoms with E-state index >= 15 is 0 Å². The lowest BCUT2D eigenvalue weighted by molar-refractivity contribution is 0.0693. The standard InChI is InChI=1S/C13H13N3O3/c1-15-11(17)9-4-3-8(7-10(9)12(15)18)16-6-2-5-14-13(16)19/h3-4,7H,2,5-6H2,1H3,(H,14,19). The second kappa shape index (κ2) is 4.08. The molecule has 0 aromatic heterocycles. The highest BCUT2D eigenvalue weighted by molar-refractivity contribution is 6.21. The third-order valence-electron chi connectivity index (χ3n) is 3.46. The third kappa shape index (κ3) is 1.68. The summed E-state index contributed by atoms with van der Waals surface area (Å²) >= 11 is 0. The van der Waals surface area contributed by atoms with Crippen molar-refractivity contribution in [1.29, 1.82) is 0 Å². The molecule has 3 rings (SSSR count). The number of benzene rings is 1. The molecule has 1 saturated heterocycles. The molecule has 1 fully saturated rings. The van der Waals surface area contributed by atoms with Crippen LogP contribution < -0.4 is 10.2 Å². The Morgan fingerprint density at radius 3 is 2.58 bits per heavy atom. The van der Waals surface area contributed by atoms with Gasteiger partial charge in [-0.05, 0) is 24.6 Å². The van der Waals surface area contributed by atoms with E-state index in [0.29, 0.717) is 29.9 Å². The molecule has 2 heterocycles. The molecule has 0 saturated carbocycles. The van der Waals surface area contributed by atoms with Gasteiger partial charge in [-0.15, -0.1) is 0 Å². The molecule has 1 aromatic carbocycles. The van der Waals surface area contributed by atoms with Gasteiger partial charge in [0.15, 0.2) is 0 Å². The van der Waals surface area contributed by atoms with Crippen molar-refractivity contribution in [3.8, 4) is 0 Å². The molecule has 1 aromatic rings. The van der Waals surface area contributed by atoms with Gasteiger partial charge in [0.05, 0.1) is 11.1 Å². The van der Waals surface area contributed by atoms with Gasteiger partial charge >= 0.3 is 6.03 Å². The number of carbonyl (C=O) groups is 3. The molecule has 6 nitrogen and oxygen atoms in total. The lowest BCUT2D eigenvalue weighted by atomic mass is 10.1. The number of nitrogens with zero attached hydrogens (tertiary/aromatic N) is 2. The Balaban J connectivity index is 2.01. The number of amides is 4. The Hall–Kier alpha value is -2.37. The highest BCUT2D eigenvalue weighted by Gasteiger charge is 2.33. The van der Waals surface area contributed by atoms with E-state index in [1.165, 1.54) is 7.05 Å². The van der Waals surface area contributed by atoms with E-state index < -0.39 is 0 Å². The average Bonchev–Trinajstić information content (AvgIpc) is 2.64. The van der Waals surface area contributed by atoms with Crippen LogP contribution >= 0.6 is 0 Å². The number of imide groups is 1. The fourth-order valence-electron chi connectivity index (χ4n) is 2.39. The van der Waals surface area contributed by atoms with Crippen molar-refractivity contribution in [2.45, 2.75) is 6.42 Å². The quantitative estimate of drug-likeness (QED) is 0.759. The van der Waals surface area contributed by atoms with E-state index in [0.717, 1.165) is 11.3 Å². The molecule has 19 heavy (non-hydrogen) atoms. The van der Waals surface area contributed by atoms with E-state index in [1.54, 1.807) is 23.1 Å². The zero-order valence-electron chi connectivity index (χ0n) is 10.5. The first-order chi connectivity index (χ1) is 9.09. The van der Waals surface area contributed by atoms with E-state index in [-0.39, 0.29) is 17.8 Å². The molecular formula is C13H13N3O3. The van der Waals surface area contributed by atoms with Gasteiger partial charge in [0.2, 0.25) is 0 Å². The molecule has 0 unspecified atom stereocenters. The van der Waals surface area contributed by atoms with Crippen molar-refractivity contribution in [2.75, 3.05) is 25.0 Å². The Labute approximate surface area is 110 Å². The van der Waals surface area contributed by atoms with Gasteiger partial charge in [-0.2, -0.15) is 0 Å². The minimum absolute atomic E-state index is 0.170. The molecule has 4 amide bonds. The first-order valence-corrected chi connectivity index (χ1v) is 6.11. The number of nitrogens with one attached hydrogen (secondary N) is 1. The fourth-order valence-corrected chi connectivity index (χ4v) is 2.39. The van der Waals surface area contributed by atoms with E-state index in [2.05, 4.69) is 5.32 Å². The number of carbonyl (C=O) groups excluding carboxylic acids is 3. The molecule has 6 heteroatoms. The molecule has 0 bridgehead atoms. The topological polar surface area (TPSA) is 69.7 Å². The molecule has 1 N–H and O–H groups in total. The molecule has 0 atom stereocenters. The largest absolute Gasteiger partial charge is 0.338 e. The zero-order valence-corrected chi connectivity index (χ0v) is 10.5. The van der Waals surface area contributed by atoms with Crippen LogP contribution in [-0.4, -0.2) is 42.9 Å². The molecule has 0 aliphatic carbocycles. The first kappa shape index (κ1) is 11.7. The van der Waals surface area contributed by atoms with Crippen molar-refractivity contribution in [3.05, 3.63) is 29.3 Å². The van der Waals surface area contributed by atoms with Gasteiger partial charge in [0.1, 0.15) is 0 Å².